The van der Waals surface area contributed by atoms with Gasteiger partial charge in [0.25, 0.3) is 0 Å². The van der Waals surface area contributed by atoms with Gasteiger partial charge in [0.15, 0.2) is 0 Å². The van der Waals surface area contributed by atoms with Crippen molar-refractivity contribution in [1.29, 1.82) is 0 Å². The molecule has 1 fully saturated rings. The summed E-state index contributed by atoms with van der Waals surface area (Å²) in [6.07, 6.45) is 3.48. The molecule has 0 bridgehead atoms. The van der Waals surface area contributed by atoms with E-state index in [9.17, 15) is 4.39 Å². The van der Waals surface area contributed by atoms with Crippen LogP contribution in [0.4, 0.5) is 10.1 Å². The van der Waals surface area contributed by atoms with Crippen LogP contribution in [0.5, 0.6) is 0 Å². The third kappa shape index (κ3) is 2.04. The van der Waals surface area contributed by atoms with Crippen molar-refractivity contribution in [1.82, 2.24) is 5.32 Å². The number of piperidine rings is 1. The Bertz CT molecular complexity index is 299. The maximum Gasteiger partial charge on any atom is 0.125 e. The highest BCUT2D eigenvalue weighted by Gasteiger charge is 2.15. The second-order valence-corrected chi connectivity index (χ2v) is 3.82. The molecule has 3 heteroatoms. The fraction of sp³-hybridized carbons (Fsp3) is 0.455. The summed E-state index contributed by atoms with van der Waals surface area (Å²) in [5.74, 6) is -0.243. The van der Waals surface area contributed by atoms with Gasteiger partial charge in [-0.1, -0.05) is 6.42 Å². The lowest BCUT2D eigenvalue weighted by atomic mass is 9.97. The van der Waals surface area contributed by atoms with Crippen molar-refractivity contribution < 1.29 is 4.39 Å². The highest BCUT2D eigenvalue weighted by Crippen LogP contribution is 2.25. The molecule has 0 amide bonds. The van der Waals surface area contributed by atoms with Crippen LogP contribution in [0, 0.1) is 5.82 Å². The zero-order valence-corrected chi connectivity index (χ0v) is 8.09. The third-order valence-corrected chi connectivity index (χ3v) is 2.66. The van der Waals surface area contributed by atoms with Gasteiger partial charge in [-0.05, 0) is 43.1 Å². The lowest BCUT2D eigenvalue weighted by Crippen LogP contribution is -2.26. The van der Waals surface area contributed by atoms with E-state index in [-0.39, 0.29) is 11.9 Å². The predicted molar refractivity (Wildman–Crippen MR) is 55.4 cm³/mol. The molecule has 0 aliphatic carbocycles. The quantitative estimate of drug-likeness (QED) is 0.673. The summed E-state index contributed by atoms with van der Waals surface area (Å²) < 4.78 is 13.1. The number of hydrogen-bond donors (Lipinski definition) is 2. The molecule has 3 N–H and O–H groups in total. The Morgan fingerprint density at radius 2 is 2.14 bits per heavy atom. The summed E-state index contributed by atoms with van der Waals surface area (Å²) in [5, 5.41) is 3.37. The van der Waals surface area contributed by atoms with Crippen LogP contribution in [0.1, 0.15) is 30.9 Å². The summed E-state index contributed by atoms with van der Waals surface area (Å²) in [5.41, 5.74) is 7.08. The summed E-state index contributed by atoms with van der Waals surface area (Å²) >= 11 is 0. The predicted octanol–water partition coefficient (Wildman–Crippen LogP) is 2.22. The first-order valence-corrected chi connectivity index (χ1v) is 5.05. The fourth-order valence-electron chi connectivity index (χ4n) is 1.97. The monoisotopic (exact) mass is 194 g/mol. The SMILES string of the molecule is Nc1cc(F)cc(C2CCCCN2)c1. The Balaban J connectivity index is 2.21. The minimum Gasteiger partial charge on any atom is -0.399 e. The maximum absolute atomic E-state index is 13.1. The highest BCUT2D eigenvalue weighted by molar-refractivity contribution is 5.42. The average molecular weight is 194 g/mol. The molecule has 1 heterocycles. The number of nitrogens with one attached hydrogen (secondary N) is 1. The summed E-state index contributed by atoms with van der Waals surface area (Å²) in [7, 11) is 0. The molecule has 1 atom stereocenters. The van der Waals surface area contributed by atoms with Crippen molar-refractivity contribution >= 4 is 5.69 Å². The van der Waals surface area contributed by atoms with Gasteiger partial charge in [0, 0.05) is 11.7 Å². The Labute approximate surface area is 83.3 Å². The van der Waals surface area contributed by atoms with Crippen molar-refractivity contribution in [2.75, 3.05) is 12.3 Å². The van der Waals surface area contributed by atoms with Gasteiger partial charge in [-0.15, -0.1) is 0 Å². The van der Waals surface area contributed by atoms with Crippen LogP contribution < -0.4 is 11.1 Å². The van der Waals surface area contributed by atoms with Gasteiger partial charge >= 0.3 is 0 Å². The number of nitrogen functional groups attached to an aromatic ring is 1. The Morgan fingerprint density at radius 3 is 2.79 bits per heavy atom. The molecule has 1 aromatic rings. The van der Waals surface area contributed by atoms with Crippen LogP contribution in [-0.2, 0) is 0 Å². The number of anilines is 1. The van der Waals surface area contributed by atoms with Crippen LogP contribution in [0.2, 0.25) is 0 Å². The van der Waals surface area contributed by atoms with Crippen LogP contribution in [0.25, 0.3) is 0 Å². The molecule has 1 saturated heterocycles. The number of hydrogen-bond acceptors (Lipinski definition) is 2. The fourth-order valence-corrected chi connectivity index (χ4v) is 1.97. The standard InChI is InChI=1S/C11H15FN2/c12-9-5-8(6-10(13)7-9)11-3-1-2-4-14-11/h5-7,11,14H,1-4,13H2. The molecule has 0 spiro atoms. The van der Waals surface area contributed by atoms with E-state index in [2.05, 4.69) is 5.32 Å². The number of halogens is 1. The summed E-state index contributed by atoms with van der Waals surface area (Å²) in [6.45, 7) is 1.01. The molecule has 0 aromatic heterocycles. The van der Waals surface area contributed by atoms with E-state index >= 15 is 0 Å². The molecule has 14 heavy (non-hydrogen) atoms. The molecule has 1 aliphatic heterocycles. The highest BCUT2D eigenvalue weighted by atomic mass is 19.1. The number of rotatable bonds is 1. The van der Waals surface area contributed by atoms with E-state index in [0.29, 0.717) is 5.69 Å². The maximum atomic E-state index is 13.1. The third-order valence-electron chi connectivity index (χ3n) is 2.66. The smallest absolute Gasteiger partial charge is 0.125 e. The molecule has 2 nitrogen and oxygen atoms in total. The van der Waals surface area contributed by atoms with Gasteiger partial charge in [0.1, 0.15) is 5.82 Å². The van der Waals surface area contributed by atoms with Crippen molar-refractivity contribution in [2.24, 2.45) is 0 Å². The molecule has 0 radical (unpaired) electrons. The van der Waals surface area contributed by atoms with E-state index in [1.807, 2.05) is 6.07 Å². The van der Waals surface area contributed by atoms with E-state index in [4.69, 9.17) is 5.73 Å². The zero-order valence-electron chi connectivity index (χ0n) is 8.09. The van der Waals surface area contributed by atoms with E-state index in [1.54, 1.807) is 6.07 Å². The van der Waals surface area contributed by atoms with Gasteiger partial charge in [0.05, 0.1) is 0 Å². The van der Waals surface area contributed by atoms with Crippen LogP contribution in [0.3, 0.4) is 0 Å². The van der Waals surface area contributed by atoms with Crippen LogP contribution in [0.15, 0.2) is 18.2 Å². The zero-order chi connectivity index (χ0) is 9.97. The molecular formula is C11H15FN2. The van der Waals surface area contributed by atoms with Crippen molar-refractivity contribution in [3.63, 3.8) is 0 Å². The molecule has 76 valence electrons. The molecule has 2 rings (SSSR count). The topological polar surface area (TPSA) is 38.0 Å². The lowest BCUT2D eigenvalue weighted by molar-refractivity contribution is 0.411. The van der Waals surface area contributed by atoms with E-state index in [0.717, 1.165) is 18.5 Å². The van der Waals surface area contributed by atoms with Crippen molar-refractivity contribution in [2.45, 2.75) is 25.3 Å². The number of nitrogens with two attached hydrogens (primary N) is 1. The van der Waals surface area contributed by atoms with Gasteiger partial charge in [-0.2, -0.15) is 0 Å². The number of benzene rings is 1. The minimum atomic E-state index is -0.243. The molecular weight excluding hydrogens is 179 g/mol. The minimum absolute atomic E-state index is 0.243. The molecule has 0 saturated carbocycles. The first-order valence-electron chi connectivity index (χ1n) is 5.05. The largest absolute Gasteiger partial charge is 0.399 e. The van der Waals surface area contributed by atoms with Crippen LogP contribution in [-0.4, -0.2) is 6.54 Å². The summed E-state index contributed by atoms with van der Waals surface area (Å²) in [6, 6.07) is 5.05. The molecule has 1 aliphatic rings. The van der Waals surface area contributed by atoms with Gasteiger partial charge in [-0.25, -0.2) is 4.39 Å². The second-order valence-electron chi connectivity index (χ2n) is 3.82. The Hall–Kier alpha value is -1.09. The van der Waals surface area contributed by atoms with Gasteiger partial charge in [0.2, 0.25) is 0 Å². The first kappa shape index (κ1) is 9.46. The van der Waals surface area contributed by atoms with Gasteiger partial charge in [-0.3, -0.25) is 0 Å². The van der Waals surface area contributed by atoms with E-state index < -0.39 is 0 Å². The Kier molecular flexibility index (Phi) is 2.68. The van der Waals surface area contributed by atoms with Crippen molar-refractivity contribution in [3.8, 4) is 0 Å². The van der Waals surface area contributed by atoms with E-state index in [1.165, 1.54) is 18.9 Å². The van der Waals surface area contributed by atoms with Crippen LogP contribution >= 0.6 is 0 Å². The van der Waals surface area contributed by atoms with Crippen molar-refractivity contribution in [3.05, 3.63) is 29.6 Å². The average Bonchev–Trinajstić information content (AvgIpc) is 2.18. The Morgan fingerprint density at radius 1 is 1.29 bits per heavy atom. The molecule has 1 unspecified atom stereocenters. The first-order chi connectivity index (χ1) is 6.75. The normalized spacial score (nSPS) is 22.2. The lowest BCUT2D eigenvalue weighted by Gasteiger charge is -2.24. The molecule has 1 aromatic carbocycles. The second kappa shape index (κ2) is 3.96. The summed E-state index contributed by atoms with van der Waals surface area (Å²) in [4.78, 5) is 0. The van der Waals surface area contributed by atoms with Gasteiger partial charge < -0.3 is 11.1 Å².